The summed E-state index contributed by atoms with van der Waals surface area (Å²) in [6, 6.07) is 3.36. The van der Waals surface area contributed by atoms with E-state index in [1.807, 2.05) is 6.92 Å². The maximum Gasteiger partial charge on any atom is 0.271 e. The zero-order chi connectivity index (χ0) is 11.8. The first-order valence-corrected chi connectivity index (χ1v) is 5.24. The van der Waals surface area contributed by atoms with E-state index in [-0.39, 0.29) is 5.91 Å². The Morgan fingerprint density at radius 2 is 2.31 bits per heavy atom. The number of carbonyl (C=O) groups excluding carboxylic acids is 1. The molecule has 16 heavy (non-hydrogen) atoms. The zero-order valence-electron chi connectivity index (χ0n) is 9.36. The van der Waals surface area contributed by atoms with Gasteiger partial charge in [0.15, 0.2) is 5.69 Å². The van der Waals surface area contributed by atoms with E-state index in [1.54, 1.807) is 18.2 Å². The van der Waals surface area contributed by atoms with Crippen molar-refractivity contribution in [2.24, 2.45) is 0 Å². The molecule has 1 rings (SSSR count). The minimum atomic E-state index is -0.190. The number of carbonyl (C=O) groups is 1. The van der Waals surface area contributed by atoms with E-state index in [0.717, 1.165) is 6.42 Å². The van der Waals surface area contributed by atoms with Gasteiger partial charge in [-0.15, -0.1) is 16.8 Å². The number of hydrogen-bond donors (Lipinski definition) is 2. The fraction of sp³-hybridized carbons (Fsp3) is 0.364. The van der Waals surface area contributed by atoms with Crippen molar-refractivity contribution in [2.75, 3.05) is 18.4 Å². The van der Waals surface area contributed by atoms with Crippen LogP contribution in [0.15, 0.2) is 24.8 Å². The molecule has 2 N–H and O–H groups in total. The Bertz CT molecular complexity index is 348. The lowest BCUT2D eigenvalue weighted by atomic mass is 10.3. The number of nitrogens with one attached hydrogen (secondary N) is 2. The fourth-order valence-electron chi connectivity index (χ4n) is 1.05. The molecule has 0 saturated heterocycles. The molecule has 5 heteroatoms. The summed E-state index contributed by atoms with van der Waals surface area (Å²) in [5, 5.41) is 13.4. The van der Waals surface area contributed by atoms with Gasteiger partial charge in [-0.1, -0.05) is 13.0 Å². The highest BCUT2D eigenvalue weighted by atomic mass is 16.1. The third kappa shape index (κ3) is 3.68. The lowest BCUT2D eigenvalue weighted by Gasteiger charge is -2.03. The first-order chi connectivity index (χ1) is 7.77. The molecule has 86 valence electrons. The van der Waals surface area contributed by atoms with E-state index in [9.17, 15) is 4.79 Å². The Hall–Kier alpha value is -1.91. The maximum atomic E-state index is 11.5. The van der Waals surface area contributed by atoms with Crippen LogP contribution in [0.2, 0.25) is 0 Å². The second-order valence-electron chi connectivity index (χ2n) is 3.23. The highest BCUT2D eigenvalue weighted by molar-refractivity contribution is 5.92. The summed E-state index contributed by atoms with van der Waals surface area (Å²) < 4.78 is 0. The fourth-order valence-corrected chi connectivity index (χ4v) is 1.05. The van der Waals surface area contributed by atoms with Crippen LogP contribution < -0.4 is 10.6 Å². The SMILES string of the molecule is C=CCNc1ccc(C(=O)NCCC)nn1. The molecular weight excluding hydrogens is 204 g/mol. The average molecular weight is 220 g/mol. The summed E-state index contributed by atoms with van der Waals surface area (Å²) in [5.41, 5.74) is 0.331. The number of anilines is 1. The van der Waals surface area contributed by atoms with Crippen molar-refractivity contribution in [3.05, 3.63) is 30.5 Å². The summed E-state index contributed by atoms with van der Waals surface area (Å²) in [7, 11) is 0. The largest absolute Gasteiger partial charge is 0.365 e. The van der Waals surface area contributed by atoms with Crippen molar-refractivity contribution < 1.29 is 4.79 Å². The van der Waals surface area contributed by atoms with Crippen LogP contribution in [0.25, 0.3) is 0 Å². The first-order valence-electron chi connectivity index (χ1n) is 5.24. The molecule has 0 aromatic carbocycles. The van der Waals surface area contributed by atoms with Crippen LogP contribution in [0.5, 0.6) is 0 Å². The Kier molecular flexibility index (Phi) is 4.98. The van der Waals surface area contributed by atoms with Gasteiger partial charge in [-0.3, -0.25) is 4.79 Å². The smallest absolute Gasteiger partial charge is 0.271 e. The lowest BCUT2D eigenvalue weighted by molar-refractivity contribution is 0.0947. The molecule has 0 radical (unpaired) electrons. The van der Waals surface area contributed by atoms with E-state index in [4.69, 9.17) is 0 Å². The van der Waals surface area contributed by atoms with Gasteiger partial charge in [-0.25, -0.2) is 0 Å². The number of aromatic nitrogens is 2. The Morgan fingerprint density at radius 1 is 1.50 bits per heavy atom. The van der Waals surface area contributed by atoms with Crippen molar-refractivity contribution in [3.63, 3.8) is 0 Å². The van der Waals surface area contributed by atoms with Gasteiger partial charge < -0.3 is 10.6 Å². The topological polar surface area (TPSA) is 66.9 Å². The molecule has 0 saturated carbocycles. The molecule has 1 aromatic heterocycles. The van der Waals surface area contributed by atoms with E-state index in [1.165, 1.54) is 0 Å². The van der Waals surface area contributed by atoms with Crippen LogP contribution in [0.4, 0.5) is 5.82 Å². The van der Waals surface area contributed by atoms with Gasteiger partial charge >= 0.3 is 0 Å². The summed E-state index contributed by atoms with van der Waals surface area (Å²) >= 11 is 0. The minimum absolute atomic E-state index is 0.190. The average Bonchev–Trinajstić information content (AvgIpc) is 2.34. The molecule has 0 fully saturated rings. The van der Waals surface area contributed by atoms with Crippen molar-refractivity contribution in [1.29, 1.82) is 0 Å². The van der Waals surface area contributed by atoms with Crippen LogP contribution in [0.1, 0.15) is 23.8 Å². The Morgan fingerprint density at radius 3 is 2.88 bits per heavy atom. The zero-order valence-corrected chi connectivity index (χ0v) is 9.36. The van der Waals surface area contributed by atoms with Crippen molar-refractivity contribution in [3.8, 4) is 0 Å². The summed E-state index contributed by atoms with van der Waals surface area (Å²) in [5.74, 6) is 0.441. The second kappa shape index (κ2) is 6.55. The molecule has 0 aliphatic rings. The molecule has 1 heterocycles. The third-order valence-electron chi connectivity index (χ3n) is 1.86. The summed E-state index contributed by atoms with van der Waals surface area (Å²) in [6.07, 6.45) is 2.63. The number of amides is 1. The molecule has 0 aliphatic carbocycles. The van der Waals surface area contributed by atoms with E-state index >= 15 is 0 Å². The van der Waals surface area contributed by atoms with Crippen molar-refractivity contribution in [1.82, 2.24) is 15.5 Å². The number of nitrogens with zero attached hydrogens (tertiary/aromatic N) is 2. The Labute approximate surface area is 95.0 Å². The van der Waals surface area contributed by atoms with Gasteiger partial charge in [-0.05, 0) is 18.6 Å². The quantitative estimate of drug-likeness (QED) is 0.707. The van der Waals surface area contributed by atoms with Crippen LogP contribution in [-0.4, -0.2) is 29.2 Å². The van der Waals surface area contributed by atoms with Crippen molar-refractivity contribution in [2.45, 2.75) is 13.3 Å². The molecule has 0 bridgehead atoms. The second-order valence-corrected chi connectivity index (χ2v) is 3.23. The molecule has 0 atom stereocenters. The van der Waals surface area contributed by atoms with Crippen LogP contribution in [0, 0.1) is 0 Å². The minimum Gasteiger partial charge on any atom is -0.365 e. The van der Waals surface area contributed by atoms with E-state index in [0.29, 0.717) is 24.6 Å². The highest BCUT2D eigenvalue weighted by Crippen LogP contribution is 2.01. The van der Waals surface area contributed by atoms with Gasteiger partial charge in [0.2, 0.25) is 0 Å². The normalized spacial score (nSPS) is 9.56. The summed E-state index contributed by atoms with van der Waals surface area (Å²) in [4.78, 5) is 11.5. The van der Waals surface area contributed by atoms with E-state index < -0.39 is 0 Å². The predicted molar refractivity (Wildman–Crippen MR) is 63.3 cm³/mol. The van der Waals surface area contributed by atoms with Crippen LogP contribution in [-0.2, 0) is 0 Å². The number of hydrogen-bond acceptors (Lipinski definition) is 4. The molecule has 0 unspecified atom stereocenters. The standard InChI is InChI=1S/C11H16N4O/c1-3-7-12-10-6-5-9(14-15-10)11(16)13-8-4-2/h3,5-6H,1,4,7-8H2,2H3,(H,12,15)(H,13,16). The maximum absolute atomic E-state index is 11.5. The van der Waals surface area contributed by atoms with Gasteiger partial charge in [0.1, 0.15) is 5.82 Å². The molecule has 0 aliphatic heterocycles. The lowest BCUT2D eigenvalue weighted by Crippen LogP contribution is -2.25. The molecule has 0 spiro atoms. The third-order valence-corrected chi connectivity index (χ3v) is 1.86. The van der Waals surface area contributed by atoms with Gasteiger partial charge in [0.05, 0.1) is 0 Å². The molecule has 5 nitrogen and oxygen atoms in total. The molecule has 1 amide bonds. The molecular formula is C11H16N4O. The van der Waals surface area contributed by atoms with E-state index in [2.05, 4.69) is 27.4 Å². The van der Waals surface area contributed by atoms with Crippen molar-refractivity contribution >= 4 is 11.7 Å². The first kappa shape index (κ1) is 12.2. The number of rotatable bonds is 6. The highest BCUT2D eigenvalue weighted by Gasteiger charge is 2.06. The van der Waals surface area contributed by atoms with Crippen LogP contribution >= 0.6 is 0 Å². The van der Waals surface area contributed by atoms with Crippen LogP contribution in [0.3, 0.4) is 0 Å². The molecule has 1 aromatic rings. The summed E-state index contributed by atoms with van der Waals surface area (Å²) in [6.45, 7) is 6.85. The predicted octanol–water partition coefficient (Wildman–Crippen LogP) is 1.21. The van der Waals surface area contributed by atoms with Gasteiger partial charge in [0, 0.05) is 13.1 Å². The monoisotopic (exact) mass is 220 g/mol. The van der Waals surface area contributed by atoms with Gasteiger partial charge in [-0.2, -0.15) is 0 Å². The Balaban J connectivity index is 2.56. The van der Waals surface area contributed by atoms with Gasteiger partial charge in [0.25, 0.3) is 5.91 Å².